The summed E-state index contributed by atoms with van der Waals surface area (Å²) >= 11 is 3.39. The van der Waals surface area contributed by atoms with Gasteiger partial charge in [0.1, 0.15) is 0 Å². The van der Waals surface area contributed by atoms with Crippen molar-refractivity contribution in [1.29, 1.82) is 0 Å². The predicted molar refractivity (Wildman–Crippen MR) is 70.6 cm³/mol. The van der Waals surface area contributed by atoms with Crippen LogP contribution in [0.4, 0.5) is 0 Å². The van der Waals surface area contributed by atoms with Crippen molar-refractivity contribution in [2.45, 2.75) is 20.8 Å². The summed E-state index contributed by atoms with van der Waals surface area (Å²) in [5.74, 6) is -0.907. The maximum atomic E-state index is 11.4. The number of carboxylic acids is 1. The first-order valence-corrected chi connectivity index (χ1v) is 6.01. The van der Waals surface area contributed by atoms with Gasteiger partial charge >= 0.3 is 5.97 Å². The summed E-state index contributed by atoms with van der Waals surface area (Å²) in [4.78, 5) is 15.8. The van der Waals surface area contributed by atoms with Crippen molar-refractivity contribution in [3.63, 3.8) is 0 Å². The molecule has 0 bridgehead atoms. The lowest BCUT2D eigenvalue weighted by atomic mass is 10.00. The van der Waals surface area contributed by atoms with Gasteiger partial charge in [-0.05, 0) is 44.0 Å². The third-order valence-corrected chi connectivity index (χ3v) is 3.40. The third kappa shape index (κ3) is 1.93. The molecule has 0 radical (unpaired) electrons. The minimum absolute atomic E-state index is 0.344. The van der Waals surface area contributed by atoms with Crippen molar-refractivity contribution in [3.8, 4) is 0 Å². The Balaban J connectivity index is 3.03. The molecule has 0 spiro atoms. The van der Waals surface area contributed by atoms with E-state index in [4.69, 9.17) is 0 Å². The molecule has 0 aliphatic heterocycles. The monoisotopic (exact) mass is 293 g/mol. The smallest absolute Gasteiger partial charge is 0.336 e. The van der Waals surface area contributed by atoms with Crippen molar-refractivity contribution in [2.75, 3.05) is 0 Å². The predicted octanol–water partition coefficient (Wildman–Crippen LogP) is 3.62. The van der Waals surface area contributed by atoms with Crippen LogP contribution in [-0.2, 0) is 0 Å². The van der Waals surface area contributed by atoms with Gasteiger partial charge in [0.25, 0.3) is 0 Å². The molecule has 0 saturated carbocycles. The Morgan fingerprint density at radius 1 is 1.29 bits per heavy atom. The first-order chi connectivity index (χ1) is 7.91. The molecule has 0 unspecified atom stereocenters. The zero-order valence-corrected chi connectivity index (χ0v) is 11.4. The average molecular weight is 294 g/mol. The molecule has 0 aliphatic carbocycles. The van der Waals surface area contributed by atoms with Crippen LogP contribution >= 0.6 is 15.9 Å². The minimum Gasteiger partial charge on any atom is -0.478 e. The lowest BCUT2D eigenvalue weighted by molar-refractivity contribution is 0.0698. The standard InChI is InChI=1S/C13H12BrNO2/c1-6-4-9(14)5-10-11(13(16)17)7(2)8(3)15-12(6)10/h4-5H,1-3H3,(H,16,17). The van der Waals surface area contributed by atoms with E-state index in [0.717, 1.165) is 26.8 Å². The van der Waals surface area contributed by atoms with Crippen molar-refractivity contribution < 1.29 is 9.90 Å². The molecule has 1 N–H and O–H groups in total. The Hall–Kier alpha value is -1.42. The highest BCUT2D eigenvalue weighted by Gasteiger charge is 2.16. The first kappa shape index (κ1) is 12.0. The summed E-state index contributed by atoms with van der Waals surface area (Å²) < 4.78 is 0.870. The summed E-state index contributed by atoms with van der Waals surface area (Å²) in [7, 11) is 0. The van der Waals surface area contributed by atoms with E-state index in [1.54, 1.807) is 6.92 Å². The number of nitrogens with zero attached hydrogens (tertiary/aromatic N) is 1. The van der Waals surface area contributed by atoms with Crippen LogP contribution in [-0.4, -0.2) is 16.1 Å². The van der Waals surface area contributed by atoms with E-state index in [2.05, 4.69) is 20.9 Å². The van der Waals surface area contributed by atoms with Gasteiger partial charge in [-0.1, -0.05) is 15.9 Å². The quantitative estimate of drug-likeness (QED) is 0.874. The molecule has 17 heavy (non-hydrogen) atoms. The van der Waals surface area contributed by atoms with Crippen LogP contribution in [0.5, 0.6) is 0 Å². The van der Waals surface area contributed by atoms with Gasteiger partial charge in [0.05, 0.1) is 11.1 Å². The van der Waals surface area contributed by atoms with E-state index in [-0.39, 0.29) is 0 Å². The molecule has 0 aliphatic rings. The van der Waals surface area contributed by atoms with E-state index < -0.39 is 5.97 Å². The molecule has 0 atom stereocenters. The van der Waals surface area contributed by atoms with E-state index in [1.807, 2.05) is 26.0 Å². The molecular formula is C13H12BrNO2. The Labute approximate surface area is 108 Å². The Kier molecular flexibility index (Phi) is 2.91. The number of fused-ring (bicyclic) bond motifs is 1. The van der Waals surface area contributed by atoms with E-state index in [0.29, 0.717) is 10.9 Å². The Bertz CT molecular complexity index is 635. The van der Waals surface area contributed by atoms with Gasteiger partial charge in [0.2, 0.25) is 0 Å². The number of carboxylic acid groups (broad SMARTS) is 1. The van der Waals surface area contributed by atoms with Crippen LogP contribution in [0.3, 0.4) is 0 Å². The van der Waals surface area contributed by atoms with Gasteiger partial charge < -0.3 is 5.11 Å². The molecule has 0 amide bonds. The van der Waals surface area contributed by atoms with Crippen LogP contribution in [0.15, 0.2) is 16.6 Å². The van der Waals surface area contributed by atoms with Crippen LogP contribution in [0.2, 0.25) is 0 Å². The Morgan fingerprint density at radius 3 is 2.53 bits per heavy atom. The summed E-state index contributed by atoms with van der Waals surface area (Å²) in [5.41, 5.74) is 3.56. The van der Waals surface area contributed by atoms with Crippen LogP contribution in [0.25, 0.3) is 10.9 Å². The molecule has 4 heteroatoms. The lowest BCUT2D eigenvalue weighted by Gasteiger charge is -2.11. The lowest BCUT2D eigenvalue weighted by Crippen LogP contribution is -2.05. The van der Waals surface area contributed by atoms with E-state index in [9.17, 15) is 9.90 Å². The first-order valence-electron chi connectivity index (χ1n) is 5.22. The summed E-state index contributed by atoms with van der Waals surface area (Å²) in [6, 6.07) is 3.75. The fourth-order valence-corrected chi connectivity index (χ4v) is 2.56. The minimum atomic E-state index is -0.907. The number of hydrogen-bond acceptors (Lipinski definition) is 2. The highest BCUT2D eigenvalue weighted by atomic mass is 79.9. The number of carbonyl (C=O) groups is 1. The van der Waals surface area contributed by atoms with Gasteiger partial charge in [0.15, 0.2) is 0 Å². The molecule has 1 aromatic heterocycles. The van der Waals surface area contributed by atoms with E-state index >= 15 is 0 Å². The molecule has 0 saturated heterocycles. The second-order valence-corrected chi connectivity index (χ2v) is 5.04. The third-order valence-electron chi connectivity index (χ3n) is 2.95. The van der Waals surface area contributed by atoms with E-state index in [1.165, 1.54) is 0 Å². The second kappa shape index (κ2) is 4.11. The largest absolute Gasteiger partial charge is 0.478 e. The highest BCUT2D eigenvalue weighted by Crippen LogP contribution is 2.28. The number of halogens is 1. The molecule has 88 valence electrons. The average Bonchev–Trinajstić information content (AvgIpc) is 2.20. The van der Waals surface area contributed by atoms with Crippen LogP contribution < -0.4 is 0 Å². The van der Waals surface area contributed by atoms with Crippen LogP contribution in [0.1, 0.15) is 27.2 Å². The topological polar surface area (TPSA) is 50.2 Å². The maximum absolute atomic E-state index is 11.4. The normalized spacial score (nSPS) is 10.8. The van der Waals surface area contributed by atoms with Gasteiger partial charge in [-0.25, -0.2) is 4.79 Å². The molecular weight excluding hydrogens is 282 g/mol. The van der Waals surface area contributed by atoms with Crippen molar-refractivity contribution in [2.24, 2.45) is 0 Å². The summed E-state index contributed by atoms with van der Waals surface area (Å²) in [6.45, 7) is 5.56. The van der Waals surface area contributed by atoms with Gasteiger partial charge in [-0.2, -0.15) is 0 Å². The molecule has 3 nitrogen and oxygen atoms in total. The fourth-order valence-electron chi connectivity index (χ4n) is 1.98. The van der Waals surface area contributed by atoms with Crippen molar-refractivity contribution in [1.82, 2.24) is 4.98 Å². The van der Waals surface area contributed by atoms with Crippen LogP contribution in [0, 0.1) is 20.8 Å². The molecule has 1 aromatic carbocycles. The second-order valence-electron chi connectivity index (χ2n) is 4.12. The maximum Gasteiger partial charge on any atom is 0.336 e. The number of aryl methyl sites for hydroxylation is 2. The zero-order chi connectivity index (χ0) is 12.7. The molecule has 2 rings (SSSR count). The van der Waals surface area contributed by atoms with Gasteiger partial charge in [-0.15, -0.1) is 0 Å². The fraction of sp³-hybridized carbons (Fsp3) is 0.231. The van der Waals surface area contributed by atoms with Crippen molar-refractivity contribution >= 4 is 32.8 Å². The molecule has 1 heterocycles. The number of pyridine rings is 1. The number of hydrogen-bond donors (Lipinski definition) is 1. The Morgan fingerprint density at radius 2 is 1.94 bits per heavy atom. The molecule has 2 aromatic rings. The zero-order valence-electron chi connectivity index (χ0n) is 9.84. The number of aromatic nitrogens is 1. The SMILES string of the molecule is Cc1nc2c(C)cc(Br)cc2c(C(=O)O)c1C. The summed E-state index contributed by atoms with van der Waals surface area (Å²) in [6.07, 6.45) is 0. The van der Waals surface area contributed by atoms with Gasteiger partial charge in [-0.3, -0.25) is 4.98 Å². The molecule has 0 fully saturated rings. The highest BCUT2D eigenvalue weighted by molar-refractivity contribution is 9.10. The number of rotatable bonds is 1. The van der Waals surface area contributed by atoms with Gasteiger partial charge in [0, 0.05) is 15.6 Å². The van der Waals surface area contributed by atoms with Crippen molar-refractivity contribution in [3.05, 3.63) is 39.0 Å². The number of benzene rings is 1. The summed E-state index contributed by atoms with van der Waals surface area (Å²) in [5, 5.41) is 10.0. The number of aromatic carboxylic acids is 1.